The molecule has 0 unspecified atom stereocenters. The van der Waals surface area contributed by atoms with Crippen LogP contribution in [-0.2, 0) is 13.0 Å². The summed E-state index contributed by atoms with van der Waals surface area (Å²) in [5.41, 5.74) is 3.62. The van der Waals surface area contributed by atoms with Crippen molar-refractivity contribution in [2.45, 2.75) is 33.7 Å². The van der Waals surface area contributed by atoms with Crippen LogP contribution in [0.5, 0.6) is 0 Å². The molecule has 26 heavy (non-hydrogen) atoms. The Morgan fingerprint density at radius 3 is 2.69 bits per heavy atom. The van der Waals surface area contributed by atoms with Crippen molar-refractivity contribution in [3.63, 3.8) is 0 Å². The van der Waals surface area contributed by atoms with E-state index in [9.17, 15) is 0 Å². The summed E-state index contributed by atoms with van der Waals surface area (Å²) >= 11 is 1.71. The molecule has 2 N–H and O–H groups in total. The standard InChI is InChI=1S/C19H29N5S.HI/c1-5-18-23-16(14-25-18)13-22-19(20-4)21-10-11-24(6-2)17-9-7-8-15(3)12-17;/h7-9,12,14H,5-6,10-11,13H2,1-4H3,(H2,20,21,22);1H. The van der Waals surface area contributed by atoms with Gasteiger partial charge in [-0.15, -0.1) is 35.3 Å². The van der Waals surface area contributed by atoms with Gasteiger partial charge in [0, 0.05) is 37.7 Å². The summed E-state index contributed by atoms with van der Waals surface area (Å²) in [5.74, 6) is 0.811. The zero-order chi connectivity index (χ0) is 18.1. The molecule has 0 saturated heterocycles. The average Bonchev–Trinajstić information content (AvgIpc) is 3.09. The number of halogens is 1. The zero-order valence-electron chi connectivity index (χ0n) is 16.1. The van der Waals surface area contributed by atoms with E-state index in [1.807, 2.05) is 0 Å². The van der Waals surface area contributed by atoms with E-state index >= 15 is 0 Å². The summed E-state index contributed by atoms with van der Waals surface area (Å²) in [6.45, 7) is 9.88. The molecule has 5 nitrogen and oxygen atoms in total. The number of likely N-dealkylation sites (N-methyl/N-ethyl adjacent to an activating group) is 1. The van der Waals surface area contributed by atoms with Crippen molar-refractivity contribution in [3.8, 4) is 0 Å². The molecule has 144 valence electrons. The summed E-state index contributed by atoms with van der Waals surface area (Å²) in [6.07, 6.45) is 0.990. The van der Waals surface area contributed by atoms with Crippen LogP contribution in [0.1, 0.15) is 30.1 Å². The lowest BCUT2D eigenvalue weighted by Gasteiger charge is -2.24. The molecule has 0 bridgehead atoms. The molecule has 7 heteroatoms. The number of rotatable bonds is 8. The van der Waals surface area contributed by atoms with Gasteiger partial charge < -0.3 is 15.5 Å². The Hall–Kier alpha value is -1.35. The summed E-state index contributed by atoms with van der Waals surface area (Å²) < 4.78 is 0. The van der Waals surface area contributed by atoms with Gasteiger partial charge in [-0.25, -0.2) is 4.98 Å². The van der Waals surface area contributed by atoms with Gasteiger partial charge in [0.05, 0.1) is 17.2 Å². The highest BCUT2D eigenvalue weighted by Gasteiger charge is 2.06. The number of aliphatic imine (C=N–C) groups is 1. The number of hydrogen-bond acceptors (Lipinski definition) is 4. The lowest BCUT2D eigenvalue weighted by atomic mass is 10.2. The first kappa shape index (κ1) is 22.7. The number of thiazole rings is 1. The summed E-state index contributed by atoms with van der Waals surface area (Å²) in [4.78, 5) is 11.2. The monoisotopic (exact) mass is 487 g/mol. The lowest BCUT2D eigenvalue weighted by Crippen LogP contribution is -2.41. The third-order valence-corrected chi connectivity index (χ3v) is 5.03. The number of nitrogens with one attached hydrogen (secondary N) is 2. The highest BCUT2D eigenvalue weighted by molar-refractivity contribution is 14.0. The fraction of sp³-hybridized carbons (Fsp3) is 0.474. The van der Waals surface area contributed by atoms with Crippen LogP contribution in [0.25, 0.3) is 0 Å². The highest BCUT2D eigenvalue weighted by atomic mass is 127. The van der Waals surface area contributed by atoms with E-state index in [1.54, 1.807) is 18.4 Å². The first-order chi connectivity index (χ1) is 12.2. The van der Waals surface area contributed by atoms with Crippen LogP contribution >= 0.6 is 35.3 Å². The van der Waals surface area contributed by atoms with Crippen LogP contribution < -0.4 is 15.5 Å². The van der Waals surface area contributed by atoms with E-state index in [0.717, 1.165) is 37.7 Å². The molecular weight excluding hydrogens is 457 g/mol. The molecule has 0 aliphatic carbocycles. The molecule has 0 aliphatic rings. The Morgan fingerprint density at radius 1 is 1.27 bits per heavy atom. The molecule has 2 rings (SSSR count). The van der Waals surface area contributed by atoms with Crippen molar-refractivity contribution >= 4 is 47.0 Å². The Labute approximate surface area is 178 Å². The van der Waals surface area contributed by atoms with E-state index in [1.165, 1.54) is 16.3 Å². The fourth-order valence-electron chi connectivity index (χ4n) is 2.59. The molecule has 0 fully saturated rings. The van der Waals surface area contributed by atoms with Crippen molar-refractivity contribution in [1.29, 1.82) is 0 Å². The van der Waals surface area contributed by atoms with E-state index in [-0.39, 0.29) is 24.0 Å². The topological polar surface area (TPSA) is 52.6 Å². The molecule has 2 aromatic rings. The number of benzene rings is 1. The molecule has 0 spiro atoms. The normalized spacial score (nSPS) is 11.0. The van der Waals surface area contributed by atoms with Crippen LogP contribution in [0, 0.1) is 6.92 Å². The lowest BCUT2D eigenvalue weighted by molar-refractivity contribution is 0.746. The predicted octanol–water partition coefficient (Wildman–Crippen LogP) is 3.82. The summed E-state index contributed by atoms with van der Waals surface area (Å²) in [7, 11) is 1.80. The van der Waals surface area contributed by atoms with E-state index in [0.29, 0.717) is 6.54 Å². The average molecular weight is 487 g/mol. The van der Waals surface area contributed by atoms with Crippen molar-refractivity contribution in [1.82, 2.24) is 15.6 Å². The number of aryl methyl sites for hydroxylation is 2. The molecule has 0 saturated carbocycles. The third kappa shape index (κ3) is 7.11. The van der Waals surface area contributed by atoms with Crippen LogP contribution in [0.4, 0.5) is 5.69 Å². The van der Waals surface area contributed by atoms with Gasteiger partial charge in [0.15, 0.2) is 5.96 Å². The van der Waals surface area contributed by atoms with Gasteiger partial charge in [-0.1, -0.05) is 19.1 Å². The molecule has 0 aliphatic heterocycles. The van der Waals surface area contributed by atoms with E-state index in [4.69, 9.17) is 0 Å². The molecule has 0 amide bonds. The minimum absolute atomic E-state index is 0. The van der Waals surface area contributed by atoms with Gasteiger partial charge in [0.1, 0.15) is 0 Å². The zero-order valence-corrected chi connectivity index (χ0v) is 19.2. The SMILES string of the molecule is CCc1nc(CNC(=NC)NCCN(CC)c2cccc(C)c2)cs1.I. The second-order valence-corrected chi connectivity index (χ2v) is 6.80. The Kier molecular flexibility index (Phi) is 10.6. The van der Waals surface area contributed by atoms with Gasteiger partial charge in [-0.2, -0.15) is 0 Å². The number of hydrogen-bond donors (Lipinski definition) is 2. The maximum absolute atomic E-state index is 4.57. The second-order valence-electron chi connectivity index (χ2n) is 5.86. The minimum Gasteiger partial charge on any atom is -0.370 e. The Balaban J connectivity index is 0.00000338. The maximum atomic E-state index is 4.57. The number of guanidine groups is 1. The highest BCUT2D eigenvalue weighted by Crippen LogP contribution is 2.15. The van der Waals surface area contributed by atoms with E-state index in [2.05, 4.69) is 75.9 Å². The number of aromatic nitrogens is 1. The van der Waals surface area contributed by atoms with E-state index < -0.39 is 0 Å². The molecule has 1 heterocycles. The fourth-order valence-corrected chi connectivity index (χ4v) is 3.34. The van der Waals surface area contributed by atoms with Crippen LogP contribution in [0.2, 0.25) is 0 Å². The first-order valence-electron chi connectivity index (χ1n) is 8.85. The Morgan fingerprint density at radius 2 is 2.08 bits per heavy atom. The van der Waals surface area contributed by atoms with Gasteiger partial charge >= 0.3 is 0 Å². The molecule has 1 aromatic heterocycles. The largest absolute Gasteiger partial charge is 0.370 e. The minimum atomic E-state index is 0. The van der Waals surface area contributed by atoms with Crippen molar-refractivity contribution < 1.29 is 0 Å². The Bertz CT molecular complexity index is 686. The number of anilines is 1. The van der Waals surface area contributed by atoms with Gasteiger partial charge in [-0.3, -0.25) is 4.99 Å². The van der Waals surface area contributed by atoms with Gasteiger partial charge in [0.25, 0.3) is 0 Å². The first-order valence-corrected chi connectivity index (χ1v) is 9.73. The molecule has 0 radical (unpaired) electrons. The third-order valence-electron chi connectivity index (χ3n) is 3.99. The summed E-state index contributed by atoms with van der Waals surface area (Å²) in [6, 6.07) is 8.63. The van der Waals surface area contributed by atoms with Crippen LogP contribution in [0.15, 0.2) is 34.6 Å². The summed E-state index contributed by atoms with van der Waals surface area (Å²) in [5, 5.41) is 9.99. The van der Waals surface area contributed by atoms with Gasteiger partial charge in [-0.05, 0) is 38.0 Å². The number of nitrogens with zero attached hydrogens (tertiary/aromatic N) is 3. The molecule has 0 atom stereocenters. The molecular formula is C19H30IN5S. The predicted molar refractivity (Wildman–Crippen MR) is 124 cm³/mol. The van der Waals surface area contributed by atoms with Crippen LogP contribution in [-0.4, -0.2) is 37.6 Å². The van der Waals surface area contributed by atoms with Crippen molar-refractivity contribution in [2.75, 3.05) is 31.6 Å². The van der Waals surface area contributed by atoms with Crippen molar-refractivity contribution in [3.05, 3.63) is 45.9 Å². The second kappa shape index (κ2) is 12.1. The van der Waals surface area contributed by atoms with Crippen LogP contribution in [0.3, 0.4) is 0 Å². The quantitative estimate of drug-likeness (QED) is 0.338. The maximum Gasteiger partial charge on any atom is 0.191 e. The van der Waals surface area contributed by atoms with Gasteiger partial charge in [0.2, 0.25) is 0 Å². The molecule has 1 aromatic carbocycles. The smallest absolute Gasteiger partial charge is 0.191 e. The van der Waals surface area contributed by atoms with Crippen molar-refractivity contribution in [2.24, 2.45) is 4.99 Å².